The molecule has 0 saturated carbocycles. The first kappa shape index (κ1) is 14.6. The first-order chi connectivity index (χ1) is 9.96. The van der Waals surface area contributed by atoms with Gasteiger partial charge in [-0.25, -0.2) is 4.98 Å². The smallest absolute Gasteiger partial charge is 0.267 e. The summed E-state index contributed by atoms with van der Waals surface area (Å²) in [6.45, 7) is 5.50. The van der Waals surface area contributed by atoms with Gasteiger partial charge in [0, 0.05) is 26.2 Å². The summed E-state index contributed by atoms with van der Waals surface area (Å²) in [7, 11) is 0. The quantitative estimate of drug-likeness (QED) is 0.808. The van der Waals surface area contributed by atoms with Crippen LogP contribution in [-0.4, -0.2) is 65.9 Å². The molecule has 7 nitrogen and oxygen atoms in total. The van der Waals surface area contributed by atoms with Gasteiger partial charge < -0.3 is 25.4 Å². The molecule has 0 aromatic carbocycles. The molecule has 1 atom stereocenters. The summed E-state index contributed by atoms with van der Waals surface area (Å²) >= 11 is 1.32. The molecule has 1 amide bonds. The van der Waals surface area contributed by atoms with E-state index in [9.17, 15) is 9.90 Å². The number of ether oxygens (including phenoxy) is 1. The molecule has 0 bridgehead atoms. The minimum absolute atomic E-state index is 0.137. The van der Waals surface area contributed by atoms with Gasteiger partial charge in [-0.3, -0.25) is 4.79 Å². The van der Waals surface area contributed by atoms with Crippen LogP contribution in [0.2, 0.25) is 0 Å². The third-order valence-corrected chi connectivity index (χ3v) is 4.98. The number of nitrogen functional groups attached to an aromatic ring is 1. The van der Waals surface area contributed by atoms with Gasteiger partial charge in [-0.05, 0) is 13.3 Å². The molecule has 1 unspecified atom stereocenters. The monoisotopic (exact) mass is 312 g/mol. The Balaban J connectivity index is 1.76. The second-order valence-corrected chi connectivity index (χ2v) is 6.76. The molecular formula is C13H20N4O3S. The number of carbonyl (C=O) groups is 1. The summed E-state index contributed by atoms with van der Waals surface area (Å²) in [5, 5.41) is 10.7. The summed E-state index contributed by atoms with van der Waals surface area (Å²) in [5.41, 5.74) is 5.11. The Morgan fingerprint density at radius 2 is 2.14 bits per heavy atom. The van der Waals surface area contributed by atoms with Crippen LogP contribution in [0.4, 0.5) is 10.9 Å². The van der Waals surface area contributed by atoms with E-state index in [0.717, 1.165) is 18.2 Å². The zero-order chi connectivity index (χ0) is 15.0. The Labute approximate surface area is 127 Å². The largest absolute Gasteiger partial charge is 0.388 e. The number of likely N-dealkylation sites (tertiary alicyclic amines) is 1. The number of carbonyl (C=O) groups excluding carboxylic acids is 1. The Morgan fingerprint density at radius 3 is 2.76 bits per heavy atom. The van der Waals surface area contributed by atoms with Gasteiger partial charge in [0.2, 0.25) is 0 Å². The highest BCUT2D eigenvalue weighted by Gasteiger charge is 2.36. The van der Waals surface area contributed by atoms with E-state index >= 15 is 0 Å². The molecule has 2 saturated heterocycles. The summed E-state index contributed by atoms with van der Waals surface area (Å²) in [4.78, 5) is 21.0. The number of hydrogen-bond acceptors (Lipinski definition) is 7. The van der Waals surface area contributed by atoms with Gasteiger partial charge in [-0.1, -0.05) is 11.3 Å². The predicted octanol–water partition coefficient (Wildman–Crippen LogP) is 0.159. The fourth-order valence-corrected chi connectivity index (χ4v) is 3.63. The SMILES string of the molecule is CC1(O)CCN(C(=O)c2sc(N3CCOCC3)nc2N)C1. The number of anilines is 2. The van der Waals surface area contributed by atoms with Gasteiger partial charge in [0.15, 0.2) is 5.13 Å². The molecule has 0 spiro atoms. The molecule has 1 aromatic heterocycles. The lowest BCUT2D eigenvalue weighted by Gasteiger charge is -2.25. The van der Waals surface area contributed by atoms with Gasteiger partial charge >= 0.3 is 0 Å². The summed E-state index contributed by atoms with van der Waals surface area (Å²) < 4.78 is 5.31. The zero-order valence-corrected chi connectivity index (χ0v) is 12.9. The number of nitrogens with two attached hydrogens (primary N) is 1. The van der Waals surface area contributed by atoms with Crippen molar-refractivity contribution in [3.63, 3.8) is 0 Å². The molecule has 1 aromatic rings. The third kappa shape index (κ3) is 2.97. The Kier molecular flexibility index (Phi) is 3.76. The lowest BCUT2D eigenvalue weighted by molar-refractivity contribution is 0.0575. The highest BCUT2D eigenvalue weighted by atomic mass is 32.1. The van der Waals surface area contributed by atoms with E-state index in [-0.39, 0.29) is 11.7 Å². The van der Waals surface area contributed by atoms with Crippen LogP contribution in [0.15, 0.2) is 0 Å². The van der Waals surface area contributed by atoms with Crippen LogP contribution in [-0.2, 0) is 4.74 Å². The van der Waals surface area contributed by atoms with E-state index in [4.69, 9.17) is 10.5 Å². The third-order valence-electron chi connectivity index (χ3n) is 3.86. The molecule has 2 aliphatic heterocycles. The maximum absolute atomic E-state index is 12.5. The number of nitrogens with zero attached hydrogens (tertiary/aromatic N) is 3. The number of thiazole rings is 1. The molecule has 3 N–H and O–H groups in total. The van der Waals surface area contributed by atoms with Crippen LogP contribution in [0.3, 0.4) is 0 Å². The highest BCUT2D eigenvalue weighted by molar-refractivity contribution is 7.18. The van der Waals surface area contributed by atoms with E-state index < -0.39 is 5.60 Å². The fourth-order valence-electron chi connectivity index (χ4n) is 2.63. The van der Waals surface area contributed by atoms with Crippen molar-refractivity contribution in [2.45, 2.75) is 18.9 Å². The van der Waals surface area contributed by atoms with E-state index in [1.54, 1.807) is 11.8 Å². The fraction of sp³-hybridized carbons (Fsp3) is 0.692. The molecule has 8 heteroatoms. The zero-order valence-electron chi connectivity index (χ0n) is 12.0. The van der Waals surface area contributed by atoms with Crippen molar-refractivity contribution >= 4 is 28.2 Å². The second-order valence-electron chi connectivity index (χ2n) is 5.78. The van der Waals surface area contributed by atoms with Gasteiger partial charge in [0.25, 0.3) is 5.91 Å². The number of amides is 1. The molecule has 3 rings (SSSR count). The van der Waals surface area contributed by atoms with Crippen molar-refractivity contribution in [1.82, 2.24) is 9.88 Å². The van der Waals surface area contributed by atoms with Gasteiger partial charge in [-0.15, -0.1) is 0 Å². The lowest BCUT2D eigenvalue weighted by atomic mass is 10.1. The number of aliphatic hydroxyl groups is 1. The molecule has 0 radical (unpaired) electrons. The van der Waals surface area contributed by atoms with Crippen LogP contribution in [0.5, 0.6) is 0 Å². The number of morpholine rings is 1. The van der Waals surface area contributed by atoms with Crippen molar-refractivity contribution in [1.29, 1.82) is 0 Å². The van der Waals surface area contributed by atoms with E-state index in [0.29, 0.717) is 37.6 Å². The maximum Gasteiger partial charge on any atom is 0.267 e. The number of hydrogen-bond donors (Lipinski definition) is 2. The topological polar surface area (TPSA) is 91.9 Å². The average Bonchev–Trinajstić information content (AvgIpc) is 3.02. The Bertz CT molecular complexity index is 540. The standard InChI is InChI=1S/C13H20N4O3S/c1-13(19)2-3-17(8-13)11(18)9-10(14)15-12(21-9)16-4-6-20-7-5-16/h19H,2-8,14H2,1H3. The predicted molar refractivity (Wildman–Crippen MR) is 80.7 cm³/mol. The highest BCUT2D eigenvalue weighted by Crippen LogP contribution is 2.31. The van der Waals surface area contributed by atoms with Crippen molar-refractivity contribution in [3.8, 4) is 0 Å². The Hall–Kier alpha value is -1.38. The number of β-amino-alcohol motifs (C(OH)–C–C–N with tert-alkyl or cyclic N) is 1. The summed E-state index contributed by atoms with van der Waals surface area (Å²) in [5.74, 6) is 0.139. The van der Waals surface area contributed by atoms with Gasteiger partial charge in [0.05, 0.1) is 18.8 Å². The first-order valence-corrected chi connectivity index (χ1v) is 7.88. The van der Waals surface area contributed by atoms with Crippen molar-refractivity contribution in [2.24, 2.45) is 0 Å². The molecular weight excluding hydrogens is 292 g/mol. The Morgan fingerprint density at radius 1 is 1.43 bits per heavy atom. The van der Waals surface area contributed by atoms with Crippen molar-refractivity contribution < 1.29 is 14.6 Å². The van der Waals surface area contributed by atoms with E-state index in [1.807, 2.05) is 0 Å². The van der Waals surface area contributed by atoms with Crippen LogP contribution in [0, 0.1) is 0 Å². The van der Waals surface area contributed by atoms with Gasteiger partial charge in [0.1, 0.15) is 10.7 Å². The minimum Gasteiger partial charge on any atom is -0.388 e. The second kappa shape index (κ2) is 5.43. The van der Waals surface area contributed by atoms with Crippen molar-refractivity contribution in [2.75, 3.05) is 50.0 Å². The van der Waals surface area contributed by atoms with E-state index in [1.165, 1.54) is 11.3 Å². The minimum atomic E-state index is -0.803. The first-order valence-electron chi connectivity index (χ1n) is 7.07. The number of aromatic nitrogens is 1. The molecule has 2 fully saturated rings. The molecule has 3 heterocycles. The maximum atomic E-state index is 12.5. The van der Waals surface area contributed by atoms with Gasteiger partial charge in [-0.2, -0.15) is 0 Å². The summed E-state index contributed by atoms with van der Waals surface area (Å²) in [6, 6.07) is 0. The molecule has 116 valence electrons. The lowest BCUT2D eigenvalue weighted by Crippen LogP contribution is -2.36. The van der Waals surface area contributed by atoms with Crippen LogP contribution in [0.25, 0.3) is 0 Å². The normalized spacial score (nSPS) is 26.4. The number of rotatable bonds is 2. The van der Waals surface area contributed by atoms with Crippen LogP contribution in [0.1, 0.15) is 23.0 Å². The van der Waals surface area contributed by atoms with Crippen LogP contribution >= 0.6 is 11.3 Å². The van der Waals surface area contributed by atoms with Crippen LogP contribution < -0.4 is 10.6 Å². The van der Waals surface area contributed by atoms with E-state index in [2.05, 4.69) is 9.88 Å². The molecule has 2 aliphatic rings. The molecule has 21 heavy (non-hydrogen) atoms. The summed E-state index contributed by atoms with van der Waals surface area (Å²) in [6.07, 6.45) is 0.591. The van der Waals surface area contributed by atoms with Crippen molar-refractivity contribution in [3.05, 3.63) is 4.88 Å². The average molecular weight is 312 g/mol. The molecule has 0 aliphatic carbocycles.